The van der Waals surface area contributed by atoms with Crippen LogP contribution in [0.25, 0.3) is 10.9 Å². The van der Waals surface area contributed by atoms with E-state index in [1.807, 2.05) is 30.3 Å². The quantitative estimate of drug-likeness (QED) is 0.718. The maximum atomic E-state index is 12.8. The van der Waals surface area contributed by atoms with Gasteiger partial charge in [-0.15, -0.1) is 0 Å². The Morgan fingerprint density at radius 1 is 0.846 bits per heavy atom. The first-order valence-electron chi connectivity index (χ1n) is 8.50. The highest BCUT2D eigenvalue weighted by Gasteiger charge is 2.28. The molecule has 134 valence electrons. The number of fused-ring (bicyclic) bond motifs is 1. The number of nitrogens with two attached hydrogens (primary N) is 1. The number of anilines is 2. The van der Waals surface area contributed by atoms with Crippen molar-refractivity contribution in [1.82, 2.24) is 9.29 Å². The van der Waals surface area contributed by atoms with Crippen molar-refractivity contribution < 1.29 is 8.42 Å². The summed E-state index contributed by atoms with van der Waals surface area (Å²) in [5.74, 6) is 0.883. The smallest absolute Gasteiger partial charge is 0.243 e. The molecule has 0 saturated carbocycles. The van der Waals surface area contributed by atoms with Crippen molar-refractivity contribution in [2.24, 2.45) is 0 Å². The summed E-state index contributed by atoms with van der Waals surface area (Å²) in [5, 5.41) is 1.10. The molecule has 0 radical (unpaired) electrons. The maximum Gasteiger partial charge on any atom is 0.243 e. The second kappa shape index (κ2) is 6.59. The SMILES string of the molecule is Nc1ccc(S(=O)(=O)N2CCN(c3ccc4ccccc4n3)CC2)cc1. The third-order valence-corrected chi connectivity index (χ3v) is 6.58. The first kappa shape index (κ1) is 16.8. The van der Waals surface area contributed by atoms with E-state index in [-0.39, 0.29) is 4.90 Å². The van der Waals surface area contributed by atoms with Gasteiger partial charge in [-0.3, -0.25) is 0 Å². The monoisotopic (exact) mass is 368 g/mol. The van der Waals surface area contributed by atoms with E-state index in [9.17, 15) is 8.42 Å². The number of para-hydroxylation sites is 1. The zero-order valence-electron chi connectivity index (χ0n) is 14.2. The standard InChI is InChI=1S/C19H20N4O2S/c20-16-6-8-17(9-7-16)26(24,25)23-13-11-22(12-14-23)19-10-5-15-3-1-2-4-18(15)21-19/h1-10H,11-14,20H2. The van der Waals surface area contributed by atoms with Crippen molar-refractivity contribution >= 4 is 32.4 Å². The number of sulfonamides is 1. The molecule has 6 nitrogen and oxygen atoms in total. The van der Waals surface area contributed by atoms with Crippen LogP contribution in [0.15, 0.2) is 65.6 Å². The van der Waals surface area contributed by atoms with Crippen molar-refractivity contribution in [3.63, 3.8) is 0 Å². The van der Waals surface area contributed by atoms with E-state index in [1.54, 1.807) is 24.3 Å². The highest BCUT2D eigenvalue weighted by Crippen LogP contribution is 2.22. The molecular weight excluding hydrogens is 348 g/mol. The van der Waals surface area contributed by atoms with Crippen LogP contribution in [-0.4, -0.2) is 43.9 Å². The Morgan fingerprint density at radius 3 is 2.27 bits per heavy atom. The van der Waals surface area contributed by atoms with Gasteiger partial charge >= 0.3 is 0 Å². The number of aromatic nitrogens is 1. The van der Waals surface area contributed by atoms with E-state index < -0.39 is 10.0 Å². The lowest BCUT2D eigenvalue weighted by molar-refractivity contribution is 0.384. The molecule has 0 atom stereocenters. The lowest BCUT2D eigenvalue weighted by atomic mass is 10.2. The third kappa shape index (κ3) is 3.11. The fourth-order valence-electron chi connectivity index (χ4n) is 3.18. The summed E-state index contributed by atoms with van der Waals surface area (Å²) in [7, 11) is -3.49. The van der Waals surface area contributed by atoms with Crippen LogP contribution in [0.1, 0.15) is 0 Å². The molecule has 0 spiro atoms. The van der Waals surface area contributed by atoms with Gasteiger partial charge in [-0.1, -0.05) is 18.2 Å². The molecule has 1 aromatic heterocycles. The second-order valence-corrected chi connectivity index (χ2v) is 8.26. The molecule has 0 bridgehead atoms. The fraction of sp³-hybridized carbons (Fsp3) is 0.211. The highest BCUT2D eigenvalue weighted by molar-refractivity contribution is 7.89. The van der Waals surface area contributed by atoms with Gasteiger partial charge in [-0.05, 0) is 42.5 Å². The largest absolute Gasteiger partial charge is 0.399 e. The number of hydrogen-bond donors (Lipinski definition) is 1. The lowest BCUT2D eigenvalue weighted by Crippen LogP contribution is -2.48. The van der Waals surface area contributed by atoms with Crippen molar-refractivity contribution in [2.75, 3.05) is 36.8 Å². The minimum absolute atomic E-state index is 0.281. The molecule has 7 heteroatoms. The molecule has 4 rings (SSSR count). The topological polar surface area (TPSA) is 79.5 Å². The lowest BCUT2D eigenvalue weighted by Gasteiger charge is -2.34. The molecule has 1 aliphatic rings. The molecule has 2 aromatic carbocycles. The number of nitrogens with zero attached hydrogens (tertiary/aromatic N) is 3. The van der Waals surface area contributed by atoms with Gasteiger partial charge in [0.1, 0.15) is 5.82 Å². The molecule has 2 heterocycles. The zero-order valence-corrected chi connectivity index (χ0v) is 15.1. The molecular formula is C19H20N4O2S. The van der Waals surface area contributed by atoms with E-state index in [0.717, 1.165) is 16.7 Å². The Bertz CT molecular complexity index is 1030. The summed E-state index contributed by atoms with van der Waals surface area (Å²) < 4.78 is 27.1. The molecule has 2 N–H and O–H groups in total. The molecule has 1 saturated heterocycles. The summed E-state index contributed by atoms with van der Waals surface area (Å²) in [6.07, 6.45) is 0. The Balaban J connectivity index is 1.50. The number of hydrogen-bond acceptors (Lipinski definition) is 5. The average Bonchev–Trinajstić information content (AvgIpc) is 2.68. The van der Waals surface area contributed by atoms with Crippen molar-refractivity contribution in [3.8, 4) is 0 Å². The van der Waals surface area contributed by atoms with E-state index in [2.05, 4.69) is 11.0 Å². The molecule has 26 heavy (non-hydrogen) atoms. The minimum atomic E-state index is -3.49. The average molecular weight is 368 g/mol. The predicted molar refractivity (Wildman–Crippen MR) is 104 cm³/mol. The fourth-order valence-corrected chi connectivity index (χ4v) is 4.60. The van der Waals surface area contributed by atoms with Crippen LogP contribution in [0.2, 0.25) is 0 Å². The summed E-state index contributed by atoms with van der Waals surface area (Å²) in [5.41, 5.74) is 7.15. The van der Waals surface area contributed by atoms with Crippen LogP contribution in [0.3, 0.4) is 0 Å². The van der Waals surface area contributed by atoms with Crippen molar-refractivity contribution in [2.45, 2.75) is 4.90 Å². The van der Waals surface area contributed by atoms with Crippen LogP contribution in [0, 0.1) is 0 Å². The highest BCUT2D eigenvalue weighted by atomic mass is 32.2. The minimum Gasteiger partial charge on any atom is -0.399 e. The van der Waals surface area contributed by atoms with Crippen LogP contribution >= 0.6 is 0 Å². The number of nitrogen functional groups attached to an aromatic ring is 1. The van der Waals surface area contributed by atoms with Gasteiger partial charge in [0, 0.05) is 37.3 Å². The zero-order chi connectivity index (χ0) is 18.1. The van der Waals surface area contributed by atoms with E-state index >= 15 is 0 Å². The number of rotatable bonds is 3. The number of pyridine rings is 1. The molecule has 3 aromatic rings. The second-order valence-electron chi connectivity index (χ2n) is 6.32. The predicted octanol–water partition coefficient (Wildman–Crippen LogP) is 2.33. The van der Waals surface area contributed by atoms with E-state index in [4.69, 9.17) is 10.7 Å². The Hall–Kier alpha value is -2.64. The summed E-state index contributed by atoms with van der Waals surface area (Å²) in [6, 6.07) is 18.4. The Morgan fingerprint density at radius 2 is 1.54 bits per heavy atom. The maximum absolute atomic E-state index is 12.8. The third-order valence-electron chi connectivity index (χ3n) is 4.66. The van der Waals surface area contributed by atoms with E-state index in [0.29, 0.717) is 31.9 Å². The van der Waals surface area contributed by atoms with Crippen LogP contribution < -0.4 is 10.6 Å². The van der Waals surface area contributed by atoms with Crippen molar-refractivity contribution in [3.05, 3.63) is 60.7 Å². The van der Waals surface area contributed by atoms with Crippen molar-refractivity contribution in [1.29, 1.82) is 0 Å². The van der Waals surface area contributed by atoms with Gasteiger partial charge in [0.2, 0.25) is 10.0 Å². The number of piperazine rings is 1. The first-order chi connectivity index (χ1) is 12.5. The molecule has 0 amide bonds. The summed E-state index contributed by atoms with van der Waals surface area (Å²) >= 11 is 0. The normalized spacial score (nSPS) is 16.1. The van der Waals surface area contributed by atoms with Crippen LogP contribution in [0.5, 0.6) is 0 Å². The first-order valence-corrected chi connectivity index (χ1v) is 9.94. The van der Waals surface area contributed by atoms with Crippen LogP contribution in [0.4, 0.5) is 11.5 Å². The van der Waals surface area contributed by atoms with Gasteiger partial charge in [0.05, 0.1) is 10.4 Å². The summed E-state index contributed by atoms with van der Waals surface area (Å²) in [6.45, 7) is 2.08. The van der Waals surface area contributed by atoms with Gasteiger partial charge in [0.25, 0.3) is 0 Å². The van der Waals surface area contributed by atoms with E-state index in [1.165, 1.54) is 4.31 Å². The van der Waals surface area contributed by atoms with Gasteiger partial charge < -0.3 is 10.6 Å². The van der Waals surface area contributed by atoms with Gasteiger partial charge in [-0.25, -0.2) is 13.4 Å². The van der Waals surface area contributed by atoms with Gasteiger partial charge in [-0.2, -0.15) is 4.31 Å². The van der Waals surface area contributed by atoms with Crippen LogP contribution in [-0.2, 0) is 10.0 Å². The molecule has 1 fully saturated rings. The van der Waals surface area contributed by atoms with Gasteiger partial charge in [0.15, 0.2) is 0 Å². The molecule has 0 aliphatic carbocycles. The number of benzene rings is 2. The summed E-state index contributed by atoms with van der Waals surface area (Å²) in [4.78, 5) is 7.11. The Kier molecular flexibility index (Phi) is 4.26. The molecule has 1 aliphatic heterocycles. The molecule has 0 unspecified atom stereocenters. The Labute approximate surface area is 152 Å².